The van der Waals surface area contributed by atoms with Crippen LogP contribution in [-0.2, 0) is 0 Å². The van der Waals surface area contributed by atoms with Gasteiger partial charge in [-0.1, -0.05) is 19.4 Å². The maximum Gasteiger partial charge on any atom is 0.274 e. The predicted molar refractivity (Wildman–Crippen MR) is 84.5 cm³/mol. The van der Waals surface area contributed by atoms with Crippen LogP contribution in [0.2, 0.25) is 0 Å². The normalized spacial score (nSPS) is 10.3. The zero-order chi connectivity index (χ0) is 15.9. The molecule has 0 bridgehead atoms. The Labute approximate surface area is 129 Å². The Bertz CT molecular complexity index is 660. The maximum absolute atomic E-state index is 13.1. The summed E-state index contributed by atoms with van der Waals surface area (Å²) in [6.45, 7) is 4.65. The van der Waals surface area contributed by atoms with Gasteiger partial charge in [0.2, 0.25) is 5.95 Å². The molecule has 2 rings (SSSR count). The molecule has 116 valence electrons. The first-order chi connectivity index (χ1) is 10.6. The van der Waals surface area contributed by atoms with E-state index >= 15 is 0 Å². The van der Waals surface area contributed by atoms with E-state index in [4.69, 9.17) is 0 Å². The first-order valence-corrected chi connectivity index (χ1v) is 7.25. The molecule has 0 radical (unpaired) electrons. The lowest BCUT2D eigenvalue weighted by Crippen LogP contribution is -2.16. The van der Waals surface area contributed by atoms with Gasteiger partial charge >= 0.3 is 0 Å². The first kappa shape index (κ1) is 15.9. The fourth-order valence-electron chi connectivity index (χ4n) is 1.90. The van der Waals surface area contributed by atoms with Gasteiger partial charge in [-0.3, -0.25) is 4.79 Å². The second-order valence-corrected chi connectivity index (χ2v) is 4.96. The summed E-state index contributed by atoms with van der Waals surface area (Å²) >= 11 is 0. The monoisotopic (exact) mass is 302 g/mol. The zero-order valence-electron chi connectivity index (χ0n) is 12.7. The maximum atomic E-state index is 13.1. The fraction of sp³-hybridized carbons (Fsp3) is 0.312. The van der Waals surface area contributed by atoms with Crippen LogP contribution >= 0.6 is 0 Å². The van der Waals surface area contributed by atoms with Crippen LogP contribution < -0.4 is 10.6 Å². The predicted octanol–water partition coefficient (Wildman–Crippen LogP) is 3.39. The molecule has 1 amide bonds. The molecule has 2 N–H and O–H groups in total. The van der Waals surface area contributed by atoms with E-state index in [1.165, 1.54) is 18.2 Å². The standard InChI is InChI=1S/C16H19FN4O/c1-3-4-8-18-16-19-11(2)9-14(21-16)15(22)20-13-7-5-6-12(17)10-13/h5-7,9-10H,3-4,8H2,1-2H3,(H,20,22)(H,18,19,21). The van der Waals surface area contributed by atoms with E-state index in [1.807, 2.05) is 0 Å². The zero-order valence-corrected chi connectivity index (χ0v) is 12.7. The molecule has 5 nitrogen and oxygen atoms in total. The van der Waals surface area contributed by atoms with E-state index in [-0.39, 0.29) is 5.69 Å². The van der Waals surface area contributed by atoms with Crippen LogP contribution in [0.1, 0.15) is 35.9 Å². The number of anilines is 2. The highest BCUT2D eigenvalue weighted by molar-refractivity contribution is 6.03. The molecule has 0 atom stereocenters. The topological polar surface area (TPSA) is 66.9 Å². The summed E-state index contributed by atoms with van der Waals surface area (Å²) in [5.74, 6) is -0.369. The lowest BCUT2D eigenvalue weighted by atomic mass is 10.2. The van der Waals surface area contributed by atoms with Crippen molar-refractivity contribution in [1.82, 2.24) is 9.97 Å². The largest absolute Gasteiger partial charge is 0.354 e. The van der Waals surface area contributed by atoms with Crippen LogP contribution in [0.15, 0.2) is 30.3 Å². The third kappa shape index (κ3) is 4.51. The van der Waals surface area contributed by atoms with Crippen molar-refractivity contribution in [2.75, 3.05) is 17.2 Å². The number of hydrogen-bond donors (Lipinski definition) is 2. The minimum Gasteiger partial charge on any atom is -0.354 e. The minimum absolute atomic E-state index is 0.246. The van der Waals surface area contributed by atoms with E-state index in [2.05, 4.69) is 27.5 Å². The Morgan fingerprint density at radius 2 is 2.09 bits per heavy atom. The second kappa shape index (κ2) is 7.49. The number of benzene rings is 1. The van der Waals surface area contributed by atoms with Crippen molar-refractivity contribution in [3.63, 3.8) is 0 Å². The third-order valence-corrected chi connectivity index (χ3v) is 2.98. The molecule has 0 aliphatic rings. The van der Waals surface area contributed by atoms with Gasteiger partial charge in [0.15, 0.2) is 0 Å². The number of amides is 1. The van der Waals surface area contributed by atoms with Gasteiger partial charge in [0.1, 0.15) is 11.5 Å². The summed E-state index contributed by atoms with van der Waals surface area (Å²) in [4.78, 5) is 20.7. The van der Waals surface area contributed by atoms with Gasteiger partial charge in [-0.25, -0.2) is 14.4 Å². The number of nitrogens with one attached hydrogen (secondary N) is 2. The summed E-state index contributed by atoms with van der Waals surface area (Å²) in [6.07, 6.45) is 2.06. The van der Waals surface area contributed by atoms with Gasteiger partial charge in [-0.05, 0) is 37.6 Å². The van der Waals surface area contributed by atoms with Crippen molar-refractivity contribution in [3.8, 4) is 0 Å². The molecule has 0 saturated heterocycles. The lowest BCUT2D eigenvalue weighted by molar-refractivity contribution is 0.102. The molecule has 2 aromatic rings. The summed E-state index contributed by atoms with van der Waals surface area (Å²) in [7, 11) is 0. The van der Waals surface area contributed by atoms with Crippen molar-refractivity contribution < 1.29 is 9.18 Å². The summed E-state index contributed by atoms with van der Waals surface area (Å²) in [5.41, 5.74) is 1.33. The molecule has 22 heavy (non-hydrogen) atoms. The van der Waals surface area contributed by atoms with Crippen molar-refractivity contribution in [2.24, 2.45) is 0 Å². The number of rotatable bonds is 6. The number of carbonyl (C=O) groups excluding carboxylic acids is 1. The van der Waals surface area contributed by atoms with Gasteiger partial charge in [0, 0.05) is 17.9 Å². The number of halogens is 1. The number of hydrogen-bond acceptors (Lipinski definition) is 4. The molecule has 0 aliphatic heterocycles. The summed E-state index contributed by atoms with van der Waals surface area (Å²) < 4.78 is 13.1. The first-order valence-electron chi connectivity index (χ1n) is 7.25. The van der Waals surface area contributed by atoms with Crippen molar-refractivity contribution in [1.29, 1.82) is 0 Å². The van der Waals surface area contributed by atoms with Gasteiger partial charge in [0.05, 0.1) is 0 Å². The van der Waals surface area contributed by atoms with Gasteiger partial charge in [-0.2, -0.15) is 0 Å². The van der Waals surface area contributed by atoms with Crippen LogP contribution in [0.5, 0.6) is 0 Å². The Hall–Kier alpha value is -2.50. The van der Waals surface area contributed by atoms with E-state index < -0.39 is 11.7 Å². The molecular formula is C16H19FN4O. The average Bonchev–Trinajstić information content (AvgIpc) is 2.47. The van der Waals surface area contributed by atoms with Crippen molar-refractivity contribution >= 4 is 17.5 Å². The molecule has 0 spiro atoms. The third-order valence-electron chi connectivity index (χ3n) is 2.98. The molecule has 0 aliphatic carbocycles. The van der Waals surface area contributed by atoms with E-state index in [1.54, 1.807) is 19.1 Å². The number of unbranched alkanes of at least 4 members (excludes halogenated alkanes) is 1. The van der Waals surface area contributed by atoms with Crippen LogP contribution in [0.4, 0.5) is 16.0 Å². The average molecular weight is 302 g/mol. The Kier molecular flexibility index (Phi) is 5.41. The summed E-state index contributed by atoms with van der Waals surface area (Å²) in [5, 5.41) is 5.72. The second-order valence-electron chi connectivity index (χ2n) is 4.96. The van der Waals surface area contributed by atoms with Crippen LogP contribution in [0.3, 0.4) is 0 Å². The Morgan fingerprint density at radius 3 is 2.82 bits per heavy atom. The summed E-state index contributed by atoms with van der Waals surface area (Å²) in [6, 6.07) is 7.33. The number of nitrogens with zero attached hydrogens (tertiary/aromatic N) is 2. The fourth-order valence-corrected chi connectivity index (χ4v) is 1.90. The molecule has 1 heterocycles. The Balaban J connectivity index is 2.11. The van der Waals surface area contributed by atoms with Crippen LogP contribution in [0.25, 0.3) is 0 Å². The Morgan fingerprint density at radius 1 is 1.27 bits per heavy atom. The van der Waals surface area contributed by atoms with E-state index in [9.17, 15) is 9.18 Å². The van der Waals surface area contributed by atoms with Crippen LogP contribution in [0, 0.1) is 12.7 Å². The smallest absolute Gasteiger partial charge is 0.274 e. The number of aromatic nitrogens is 2. The molecule has 1 aromatic heterocycles. The lowest BCUT2D eigenvalue weighted by Gasteiger charge is -2.08. The van der Waals surface area contributed by atoms with E-state index in [0.717, 1.165) is 19.4 Å². The highest BCUT2D eigenvalue weighted by Crippen LogP contribution is 2.12. The highest BCUT2D eigenvalue weighted by atomic mass is 19.1. The molecule has 0 saturated carbocycles. The van der Waals surface area contributed by atoms with Gasteiger partial charge < -0.3 is 10.6 Å². The van der Waals surface area contributed by atoms with Gasteiger partial charge in [0.25, 0.3) is 5.91 Å². The highest BCUT2D eigenvalue weighted by Gasteiger charge is 2.11. The number of carbonyl (C=O) groups is 1. The van der Waals surface area contributed by atoms with E-state index in [0.29, 0.717) is 17.3 Å². The van der Waals surface area contributed by atoms with Crippen molar-refractivity contribution in [3.05, 3.63) is 47.5 Å². The minimum atomic E-state index is -0.404. The van der Waals surface area contributed by atoms with Gasteiger partial charge in [-0.15, -0.1) is 0 Å². The van der Waals surface area contributed by atoms with Crippen molar-refractivity contribution in [2.45, 2.75) is 26.7 Å². The number of aryl methyl sites for hydroxylation is 1. The quantitative estimate of drug-likeness (QED) is 0.803. The molecule has 0 fully saturated rings. The molecular weight excluding hydrogens is 283 g/mol. The van der Waals surface area contributed by atoms with Crippen LogP contribution in [-0.4, -0.2) is 22.4 Å². The molecule has 6 heteroatoms. The molecule has 0 unspecified atom stereocenters. The SMILES string of the molecule is CCCCNc1nc(C)cc(C(=O)Nc2cccc(F)c2)n1. The molecule has 1 aromatic carbocycles.